The second kappa shape index (κ2) is 6.64. The highest BCUT2D eigenvalue weighted by Crippen LogP contribution is 2.36. The van der Waals surface area contributed by atoms with E-state index in [0.29, 0.717) is 11.8 Å². The lowest BCUT2D eigenvalue weighted by Gasteiger charge is -2.10. The number of anilines is 2. The molecule has 10 heteroatoms. The zero-order valence-electron chi connectivity index (χ0n) is 10.2. The summed E-state index contributed by atoms with van der Waals surface area (Å²) in [5.74, 6) is -2.78. The monoisotopic (exact) mass is 332 g/mol. The smallest absolute Gasteiger partial charge is 0.333 e. The van der Waals surface area contributed by atoms with Gasteiger partial charge in [-0.15, -0.1) is 0 Å². The first-order chi connectivity index (χ1) is 9.99. The zero-order chi connectivity index (χ0) is 15.4. The van der Waals surface area contributed by atoms with Gasteiger partial charge in [0.1, 0.15) is 6.33 Å². The molecule has 0 saturated carbocycles. The van der Waals surface area contributed by atoms with E-state index < -0.39 is 16.4 Å². The van der Waals surface area contributed by atoms with Crippen LogP contribution in [0.5, 0.6) is 0 Å². The number of nitrogens with one attached hydrogen (secondary N) is 1. The number of hydrogen-bond donors (Lipinski definition) is 1. The molecule has 1 aromatic heterocycles. The minimum atomic E-state index is -2.61. The molecule has 2 rings (SSSR count). The van der Waals surface area contributed by atoms with E-state index >= 15 is 0 Å². The molecule has 0 unspecified atom stereocenters. The highest BCUT2D eigenvalue weighted by Gasteiger charge is 2.22. The van der Waals surface area contributed by atoms with Crippen molar-refractivity contribution in [3.8, 4) is 0 Å². The first-order valence-electron chi connectivity index (χ1n) is 5.44. The van der Waals surface area contributed by atoms with E-state index in [-0.39, 0.29) is 21.6 Å². The van der Waals surface area contributed by atoms with Gasteiger partial charge in [0, 0.05) is 4.90 Å². The normalized spacial score (nSPS) is 10.7. The second-order valence-electron chi connectivity index (χ2n) is 3.62. The number of benzene rings is 1. The molecule has 0 spiro atoms. The minimum absolute atomic E-state index is 0.165. The van der Waals surface area contributed by atoms with Gasteiger partial charge in [0.05, 0.1) is 10.6 Å². The first kappa shape index (κ1) is 15.4. The van der Waals surface area contributed by atoms with Crippen LogP contribution in [0.1, 0.15) is 0 Å². The van der Waals surface area contributed by atoms with Gasteiger partial charge in [-0.2, -0.15) is 8.78 Å². The molecule has 0 saturated heterocycles. The van der Waals surface area contributed by atoms with Gasteiger partial charge in [0.2, 0.25) is 11.0 Å². The van der Waals surface area contributed by atoms with E-state index in [1.165, 1.54) is 12.1 Å². The lowest BCUT2D eigenvalue weighted by Crippen LogP contribution is -2.02. The molecule has 110 valence electrons. The van der Waals surface area contributed by atoms with Crippen LogP contribution in [0.4, 0.5) is 26.0 Å². The molecule has 2 aromatic rings. The Morgan fingerprint density at radius 2 is 2.05 bits per heavy atom. The van der Waals surface area contributed by atoms with Gasteiger partial charge in [0.25, 0.3) is 5.76 Å². The van der Waals surface area contributed by atoms with Crippen LogP contribution in [-0.4, -0.2) is 20.6 Å². The third-order valence-electron chi connectivity index (χ3n) is 2.32. The van der Waals surface area contributed by atoms with Crippen molar-refractivity contribution in [1.29, 1.82) is 0 Å². The molecular formula is C11H7ClF2N4O2S. The predicted octanol–water partition coefficient (Wildman–Crippen LogP) is 4.10. The maximum atomic E-state index is 12.5. The SMILES string of the molecule is O=[N+]([O-])c1c(Cl)ncnc1Nc1ccccc1SC(F)F. The molecule has 0 fully saturated rings. The van der Waals surface area contributed by atoms with Gasteiger partial charge < -0.3 is 5.32 Å². The number of para-hydroxylation sites is 1. The number of aromatic nitrogens is 2. The number of rotatable bonds is 5. The molecule has 1 heterocycles. The standard InChI is InChI=1S/C11H7ClF2N4O2S/c12-9-8(18(19)20)10(16-5-15-9)17-6-3-1-2-4-7(6)21-11(13)14/h1-5,11H,(H,15,16,17). The van der Waals surface area contributed by atoms with E-state index in [0.717, 1.165) is 6.33 Å². The number of hydrogen-bond acceptors (Lipinski definition) is 6. The Morgan fingerprint density at radius 1 is 1.33 bits per heavy atom. The number of halogens is 3. The number of nitrogens with zero attached hydrogens (tertiary/aromatic N) is 3. The van der Waals surface area contributed by atoms with Crippen molar-refractivity contribution in [2.24, 2.45) is 0 Å². The molecule has 1 aromatic carbocycles. The van der Waals surface area contributed by atoms with Gasteiger partial charge >= 0.3 is 5.69 Å². The van der Waals surface area contributed by atoms with Crippen molar-refractivity contribution in [3.05, 3.63) is 45.9 Å². The van der Waals surface area contributed by atoms with Crippen molar-refractivity contribution in [3.63, 3.8) is 0 Å². The Morgan fingerprint density at radius 3 is 2.71 bits per heavy atom. The Hall–Kier alpha value is -2.00. The minimum Gasteiger partial charge on any atom is -0.333 e. The number of alkyl halides is 2. The molecule has 0 amide bonds. The lowest BCUT2D eigenvalue weighted by molar-refractivity contribution is -0.384. The van der Waals surface area contributed by atoms with Gasteiger partial charge in [-0.1, -0.05) is 35.5 Å². The largest absolute Gasteiger partial charge is 0.348 e. The average molecular weight is 333 g/mol. The maximum absolute atomic E-state index is 12.5. The summed E-state index contributed by atoms with van der Waals surface area (Å²) in [5.41, 5.74) is -0.253. The Balaban J connectivity index is 2.39. The van der Waals surface area contributed by atoms with Gasteiger partial charge in [-0.3, -0.25) is 10.1 Å². The second-order valence-corrected chi connectivity index (χ2v) is 5.01. The highest BCUT2D eigenvalue weighted by atomic mass is 35.5. The Bertz CT molecular complexity index is 674. The zero-order valence-corrected chi connectivity index (χ0v) is 11.7. The molecule has 21 heavy (non-hydrogen) atoms. The average Bonchev–Trinajstić information content (AvgIpc) is 2.40. The van der Waals surface area contributed by atoms with Crippen LogP contribution in [0.25, 0.3) is 0 Å². The predicted molar refractivity (Wildman–Crippen MR) is 75.3 cm³/mol. The summed E-state index contributed by atoms with van der Waals surface area (Å²) in [7, 11) is 0. The van der Waals surface area contributed by atoms with Crippen LogP contribution in [0.2, 0.25) is 5.15 Å². The summed E-state index contributed by atoms with van der Waals surface area (Å²) >= 11 is 5.98. The van der Waals surface area contributed by atoms with E-state index in [1.807, 2.05) is 0 Å². The summed E-state index contributed by atoms with van der Waals surface area (Å²) in [6, 6.07) is 6.15. The fourth-order valence-corrected chi connectivity index (χ4v) is 2.30. The van der Waals surface area contributed by atoms with Crippen molar-refractivity contribution >= 4 is 40.6 Å². The molecule has 0 aliphatic heterocycles. The third kappa shape index (κ3) is 3.76. The first-order valence-corrected chi connectivity index (χ1v) is 6.70. The van der Waals surface area contributed by atoms with E-state index in [9.17, 15) is 18.9 Å². The molecular weight excluding hydrogens is 326 g/mol. The molecule has 0 aliphatic carbocycles. The van der Waals surface area contributed by atoms with Crippen LogP contribution in [0, 0.1) is 10.1 Å². The van der Waals surface area contributed by atoms with Crippen molar-refractivity contribution in [2.75, 3.05) is 5.32 Å². The van der Waals surface area contributed by atoms with Gasteiger partial charge in [-0.05, 0) is 12.1 Å². The van der Waals surface area contributed by atoms with Gasteiger partial charge in [0.15, 0.2) is 0 Å². The molecule has 6 nitrogen and oxygen atoms in total. The van der Waals surface area contributed by atoms with Crippen LogP contribution in [0.15, 0.2) is 35.5 Å². The van der Waals surface area contributed by atoms with Crippen molar-refractivity contribution < 1.29 is 13.7 Å². The van der Waals surface area contributed by atoms with E-state index in [4.69, 9.17) is 11.6 Å². The summed E-state index contributed by atoms with van der Waals surface area (Å²) in [4.78, 5) is 17.7. The molecule has 0 radical (unpaired) electrons. The number of thioether (sulfide) groups is 1. The van der Waals surface area contributed by atoms with E-state index in [1.54, 1.807) is 12.1 Å². The van der Waals surface area contributed by atoms with E-state index in [2.05, 4.69) is 15.3 Å². The molecule has 0 atom stereocenters. The topological polar surface area (TPSA) is 81.0 Å². The van der Waals surface area contributed by atoms with Crippen LogP contribution in [-0.2, 0) is 0 Å². The summed E-state index contributed by atoms with van der Waals surface area (Å²) in [6.07, 6.45) is 1.04. The quantitative estimate of drug-likeness (QED) is 0.384. The maximum Gasteiger partial charge on any atom is 0.348 e. The Kier molecular flexibility index (Phi) is 4.86. The van der Waals surface area contributed by atoms with Crippen LogP contribution < -0.4 is 5.32 Å². The number of nitro groups is 1. The molecule has 0 aliphatic rings. The fraction of sp³-hybridized carbons (Fsp3) is 0.0909. The molecule has 0 bridgehead atoms. The molecule has 1 N–H and O–H groups in total. The summed E-state index contributed by atoms with van der Waals surface area (Å²) < 4.78 is 25.0. The lowest BCUT2D eigenvalue weighted by atomic mass is 10.3. The van der Waals surface area contributed by atoms with Crippen molar-refractivity contribution in [2.45, 2.75) is 10.7 Å². The van der Waals surface area contributed by atoms with Crippen LogP contribution >= 0.6 is 23.4 Å². The Labute approximate surface area is 126 Å². The van der Waals surface area contributed by atoms with Gasteiger partial charge in [-0.25, -0.2) is 9.97 Å². The summed E-state index contributed by atoms with van der Waals surface area (Å²) in [5, 5.41) is 13.3. The van der Waals surface area contributed by atoms with Crippen molar-refractivity contribution in [1.82, 2.24) is 9.97 Å². The fourth-order valence-electron chi connectivity index (χ4n) is 1.51. The van der Waals surface area contributed by atoms with Crippen LogP contribution in [0.3, 0.4) is 0 Å². The highest BCUT2D eigenvalue weighted by molar-refractivity contribution is 7.99. The third-order valence-corrected chi connectivity index (χ3v) is 3.38. The summed E-state index contributed by atoms with van der Waals surface area (Å²) in [6.45, 7) is 0.